The summed E-state index contributed by atoms with van der Waals surface area (Å²) in [6.45, 7) is 3.53. The van der Waals surface area contributed by atoms with Crippen LogP contribution in [0.1, 0.15) is 18.1 Å². The molecule has 0 aliphatic carbocycles. The number of hydrogen-bond acceptors (Lipinski definition) is 3. The number of ether oxygens (including phenoxy) is 2. The standard InChI is InChI=1S/C18H19NO2/c1-2-20-17-9-11-18(12-10-17)21-14-16-7-5-15(6-8-16)4-3-13-19/h5-12H,2,13-14,19H2,1H3. The molecular formula is C18H19NO2. The Hall–Kier alpha value is -2.44. The molecule has 0 radical (unpaired) electrons. The summed E-state index contributed by atoms with van der Waals surface area (Å²) in [5, 5.41) is 0. The number of rotatable bonds is 5. The van der Waals surface area contributed by atoms with Gasteiger partial charge in [-0.15, -0.1) is 0 Å². The van der Waals surface area contributed by atoms with Crippen LogP contribution in [-0.4, -0.2) is 13.2 Å². The van der Waals surface area contributed by atoms with Gasteiger partial charge in [-0.3, -0.25) is 0 Å². The maximum absolute atomic E-state index is 5.73. The Morgan fingerprint density at radius 1 is 0.905 bits per heavy atom. The quantitative estimate of drug-likeness (QED) is 0.857. The van der Waals surface area contributed by atoms with E-state index in [4.69, 9.17) is 15.2 Å². The smallest absolute Gasteiger partial charge is 0.120 e. The highest BCUT2D eigenvalue weighted by atomic mass is 16.5. The Bertz CT molecular complexity index is 606. The van der Waals surface area contributed by atoms with Crippen molar-refractivity contribution in [2.24, 2.45) is 5.73 Å². The number of benzene rings is 2. The summed E-state index contributed by atoms with van der Waals surface area (Å²) in [5.74, 6) is 7.50. The Labute approximate surface area is 125 Å². The van der Waals surface area contributed by atoms with Gasteiger partial charge in [0.15, 0.2) is 0 Å². The van der Waals surface area contributed by atoms with E-state index >= 15 is 0 Å². The highest BCUT2D eigenvalue weighted by Crippen LogP contribution is 2.18. The molecule has 0 unspecified atom stereocenters. The van der Waals surface area contributed by atoms with E-state index in [-0.39, 0.29) is 0 Å². The highest BCUT2D eigenvalue weighted by Gasteiger charge is 1.98. The van der Waals surface area contributed by atoms with Gasteiger partial charge in [-0.1, -0.05) is 24.0 Å². The first-order chi connectivity index (χ1) is 10.3. The van der Waals surface area contributed by atoms with Crippen molar-refractivity contribution in [3.05, 3.63) is 59.7 Å². The molecule has 0 aliphatic rings. The summed E-state index contributed by atoms with van der Waals surface area (Å²) in [5.41, 5.74) is 7.41. The highest BCUT2D eigenvalue weighted by molar-refractivity contribution is 5.36. The van der Waals surface area contributed by atoms with Crippen LogP contribution in [0, 0.1) is 11.8 Å². The fraction of sp³-hybridized carbons (Fsp3) is 0.222. The van der Waals surface area contributed by atoms with Gasteiger partial charge in [-0.05, 0) is 48.9 Å². The van der Waals surface area contributed by atoms with E-state index in [1.54, 1.807) is 0 Å². The zero-order valence-corrected chi connectivity index (χ0v) is 12.1. The first-order valence-corrected chi connectivity index (χ1v) is 6.95. The molecule has 0 aromatic heterocycles. The van der Waals surface area contributed by atoms with E-state index in [1.165, 1.54) is 0 Å². The van der Waals surface area contributed by atoms with E-state index in [2.05, 4.69) is 11.8 Å². The topological polar surface area (TPSA) is 44.5 Å². The van der Waals surface area contributed by atoms with Crippen molar-refractivity contribution >= 4 is 0 Å². The third-order valence-corrected chi connectivity index (χ3v) is 2.83. The lowest BCUT2D eigenvalue weighted by Crippen LogP contribution is -1.96. The van der Waals surface area contributed by atoms with Gasteiger partial charge in [0.1, 0.15) is 18.1 Å². The molecule has 3 nitrogen and oxygen atoms in total. The summed E-state index contributed by atoms with van der Waals surface area (Å²) in [6, 6.07) is 15.6. The first kappa shape index (κ1) is 15.0. The summed E-state index contributed by atoms with van der Waals surface area (Å²) in [4.78, 5) is 0. The van der Waals surface area contributed by atoms with E-state index in [0.29, 0.717) is 19.8 Å². The van der Waals surface area contributed by atoms with Crippen LogP contribution in [0.5, 0.6) is 11.5 Å². The van der Waals surface area contributed by atoms with Gasteiger partial charge in [-0.25, -0.2) is 0 Å². The van der Waals surface area contributed by atoms with Gasteiger partial charge in [0, 0.05) is 5.56 Å². The average molecular weight is 281 g/mol. The van der Waals surface area contributed by atoms with Gasteiger partial charge in [0.25, 0.3) is 0 Å². The molecular weight excluding hydrogens is 262 g/mol. The second-order valence-corrected chi connectivity index (χ2v) is 4.40. The minimum absolute atomic E-state index is 0.378. The molecule has 2 aromatic carbocycles. The molecule has 0 saturated carbocycles. The van der Waals surface area contributed by atoms with Gasteiger partial charge >= 0.3 is 0 Å². The van der Waals surface area contributed by atoms with Crippen molar-refractivity contribution in [3.63, 3.8) is 0 Å². The minimum atomic E-state index is 0.378. The fourth-order valence-corrected chi connectivity index (χ4v) is 1.80. The molecule has 0 spiro atoms. The lowest BCUT2D eigenvalue weighted by atomic mass is 10.1. The molecule has 108 valence electrons. The zero-order valence-electron chi connectivity index (χ0n) is 12.1. The minimum Gasteiger partial charge on any atom is -0.494 e. The molecule has 0 fully saturated rings. The van der Waals surface area contributed by atoms with Gasteiger partial charge in [-0.2, -0.15) is 0 Å². The van der Waals surface area contributed by atoms with Crippen LogP contribution >= 0.6 is 0 Å². The number of hydrogen-bond donors (Lipinski definition) is 1. The van der Waals surface area contributed by atoms with Crippen LogP contribution in [0.4, 0.5) is 0 Å². The monoisotopic (exact) mass is 281 g/mol. The van der Waals surface area contributed by atoms with E-state index in [9.17, 15) is 0 Å². The lowest BCUT2D eigenvalue weighted by Gasteiger charge is -2.08. The van der Waals surface area contributed by atoms with Crippen LogP contribution in [0.15, 0.2) is 48.5 Å². The van der Waals surface area contributed by atoms with Gasteiger partial charge < -0.3 is 15.2 Å². The Kier molecular flexibility index (Phi) is 5.69. The molecule has 0 saturated heterocycles. The Morgan fingerprint density at radius 3 is 2.10 bits per heavy atom. The van der Waals surface area contributed by atoms with E-state index < -0.39 is 0 Å². The summed E-state index contributed by atoms with van der Waals surface area (Å²) < 4.78 is 11.1. The molecule has 0 atom stereocenters. The fourth-order valence-electron chi connectivity index (χ4n) is 1.80. The van der Waals surface area contributed by atoms with E-state index in [1.807, 2.05) is 55.5 Å². The van der Waals surface area contributed by atoms with Crippen molar-refractivity contribution in [2.75, 3.05) is 13.2 Å². The zero-order chi connectivity index (χ0) is 14.9. The molecule has 0 heterocycles. The molecule has 3 heteroatoms. The van der Waals surface area contributed by atoms with Gasteiger partial charge in [0.2, 0.25) is 0 Å². The van der Waals surface area contributed by atoms with Crippen LogP contribution in [-0.2, 0) is 6.61 Å². The van der Waals surface area contributed by atoms with Crippen molar-refractivity contribution in [1.82, 2.24) is 0 Å². The van der Waals surface area contributed by atoms with E-state index in [0.717, 1.165) is 22.6 Å². The normalized spacial score (nSPS) is 9.62. The second-order valence-electron chi connectivity index (χ2n) is 4.40. The number of nitrogens with two attached hydrogens (primary N) is 1. The lowest BCUT2D eigenvalue weighted by molar-refractivity contribution is 0.304. The third-order valence-electron chi connectivity index (χ3n) is 2.83. The molecule has 2 rings (SSSR count). The van der Waals surface area contributed by atoms with Crippen molar-refractivity contribution in [3.8, 4) is 23.3 Å². The molecule has 0 aliphatic heterocycles. The van der Waals surface area contributed by atoms with Crippen molar-refractivity contribution < 1.29 is 9.47 Å². The van der Waals surface area contributed by atoms with Crippen LogP contribution < -0.4 is 15.2 Å². The second kappa shape index (κ2) is 7.98. The molecule has 21 heavy (non-hydrogen) atoms. The largest absolute Gasteiger partial charge is 0.494 e. The first-order valence-electron chi connectivity index (χ1n) is 6.95. The Morgan fingerprint density at radius 2 is 1.52 bits per heavy atom. The summed E-state index contributed by atoms with van der Waals surface area (Å²) in [6.07, 6.45) is 0. The molecule has 0 bridgehead atoms. The van der Waals surface area contributed by atoms with Crippen LogP contribution in [0.25, 0.3) is 0 Å². The predicted molar refractivity (Wildman–Crippen MR) is 84.3 cm³/mol. The van der Waals surface area contributed by atoms with Gasteiger partial charge in [0.05, 0.1) is 13.2 Å². The maximum Gasteiger partial charge on any atom is 0.120 e. The van der Waals surface area contributed by atoms with Crippen LogP contribution in [0.2, 0.25) is 0 Å². The molecule has 0 amide bonds. The summed E-state index contributed by atoms with van der Waals surface area (Å²) >= 11 is 0. The SMILES string of the molecule is CCOc1ccc(OCc2ccc(C#CCN)cc2)cc1. The summed E-state index contributed by atoms with van der Waals surface area (Å²) in [7, 11) is 0. The van der Waals surface area contributed by atoms with Crippen molar-refractivity contribution in [1.29, 1.82) is 0 Å². The van der Waals surface area contributed by atoms with Crippen LogP contribution in [0.3, 0.4) is 0 Å². The average Bonchev–Trinajstić information content (AvgIpc) is 2.53. The van der Waals surface area contributed by atoms with Crippen molar-refractivity contribution in [2.45, 2.75) is 13.5 Å². The predicted octanol–water partition coefficient (Wildman–Crippen LogP) is 2.97. The third kappa shape index (κ3) is 4.87. The molecule has 2 N–H and O–H groups in total. The Balaban J connectivity index is 1.90. The maximum atomic E-state index is 5.73. The molecule has 2 aromatic rings.